The Morgan fingerprint density at radius 3 is 2.50 bits per heavy atom. The van der Waals surface area contributed by atoms with Crippen molar-refractivity contribution >= 4 is 10.0 Å². The molecule has 1 N–H and O–H groups in total. The lowest BCUT2D eigenvalue weighted by Gasteiger charge is -2.38. The average molecular weight is 304 g/mol. The second-order valence-electron chi connectivity index (χ2n) is 6.41. The van der Waals surface area contributed by atoms with Gasteiger partial charge in [-0.2, -0.15) is 0 Å². The lowest BCUT2D eigenvalue weighted by Crippen LogP contribution is -2.45. The van der Waals surface area contributed by atoms with Crippen LogP contribution in [0.4, 0.5) is 0 Å². The van der Waals surface area contributed by atoms with Crippen molar-refractivity contribution < 1.29 is 13.5 Å². The van der Waals surface area contributed by atoms with Crippen LogP contribution in [-0.4, -0.2) is 68.3 Å². The van der Waals surface area contributed by atoms with Crippen LogP contribution < -0.4 is 0 Å². The summed E-state index contributed by atoms with van der Waals surface area (Å²) in [6, 6.07) is 0. The number of rotatable bonds is 5. The Kier molecular flexibility index (Phi) is 5.84. The van der Waals surface area contributed by atoms with Crippen molar-refractivity contribution in [3.63, 3.8) is 0 Å². The zero-order valence-corrected chi connectivity index (χ0v) is 13.3. The lowest BCUT2D eigenvalue weighted by atomic mass is 9.93. The predicted octanol–water partition coefficient (Wildman–Crippen LogP) is 0.752. The Labute approximate surface area is 123 Å². The molecule has 2 unspecified atom stereocenters. The molecule has 2 aliphatic rings. The second kappa shape index (κ2) is 7.20. The van der Waals surface area contributed by atoms with Gasteiger partial charge in [-0.15, -0.1) is 0 Å². The van der Waals surface area contributed by atoms with Gasteiger partial charge in [0.25, 0.3) is 0 Å². The molecule has 0 saturated carbocycles. The molecule has 118 valence electrons. The summed E-state index contributed by atoms with van der Waals surface area (Å²) in [6.45, 7) is 4.84. The van der Waals surface area contributed by atoms with Crippen molar-refractivity contribution in [2.24, 2.45) is 11.8 Å². The maximum atomic E-state index is 11.6. The van der Waals surface area contributed by atoms with Crippen LogP contribution in [-0.2, 0) is 10.0 Å². The van der Waals surface area contributed by atoms with E-state index in [0.717, 1.165) is 38.9 Å². The third-order valence-electron chi connectivity index (χ3n) is 4.61. The van der Waals surface area contributed by atoms with E-state index >= 15 is 0 Å². The number of hydrogen-bond donors (Lipinski definition) is 1. The molecular weight excluding hydrogens is 276 g/mol. The highest BCUT2D eigenvalue weighted by atomic mass is 32.2. The lowest BCUT2D eigenvalue weighted by molar-refractivity contribution is 0.115. The van der Waals surface area contributed by atoms with Gasteiger partial charge in [-0.05, 0) is 50.5 Å². The van der Waals surface area contributed by atoms with E-state index in [1.165, 1.54) is 19.1 Å². The normalized spacial score (nSPS) is 30.5. The summed E-state index contributed by atoms with van der Waals surface area (Å²) in [5.74, 6) is 1.08. The number of aliphatic hydroxyl groups is 1. The average Bonchev–Trinajstić information content (AvgIpc) is 2.39. The summed E-state index contributed by atoms with van der Waals surface area (Å²) in [4.78, 5) is 2.47. The molecule has 0 bridgehead atoms. The monoisotopic (exact) mass is 304 g/mol. The molecule has 0 aromatic rings. The van der Waals surface area contributed by atoms with Crippen LogP contribution in [0, 0.1) is 11.8 Å². The van der Waals surface area contributed by atoms with Crippen molar-refractivity contribution in [3.05, 3.63) is 0 Å². The molecule has 20 heavy (non-hydrogen) atoms. The maximum Gasteiger partial charge on any atom is 0.211 e. The second-order valence-corrected chi connectivity index (χ2v) is 8.39. The summed E-state index contributed by atoms with van der Waals surface area (Å²) in [7, 11) is -3.04. The van der Waals surface area contributed by atoms with E-state index in [-0.39, 0.29) is 6.61 Å². The van der Waals surface area contributed by atoms with E-state index in [1.807, 2.05) is 0 Å². The van der Waals surface area contributed by atoms with Crippen molar-refractivity contribution in [2.75, 3.05) is 45.6 Å². The third-order valence-corrected chi connectivity index (χ3v) is 5.88. The fourth-order valence-corrected chi connectivity index (χ4v) is 4.52. The van der Waals surface area contributed by atoms with Crippen molar-refractivity contribution in [3.8, 4) is 0 Å². The van der Waals surface area contributed by atoms with Gasteiger partial charge in [0.15, 0.2) is 0 Å². The van der Waals surface area contributed by atoms with Crippen LogP contribution in [0.5, 0.6) is 0 Å². The summed E-state index contributed by atoms with van der Waals surface area (Å²) in [6.07, 6.45) is 6.74. The first-order chi connectivity index (χ1) is 9.49. The molecule has 2 aliphatic heterocycles. The van der Waals surface area contributed by atoms with E-state index in [0.29, 0.717) is 24.9 Å². The third kappa shape index (κ3) is 4.69. The van der Waals surface area contributed by atoms with Gasteiger partial charge < -0.3 is 10.0 Å². The minimum absolute atomic E-state index is 0.282. The van der Waals surface area contributed by atoms with Gasteiger partial charge in [0.1, 0.15) is 0 Å². The molecule has 5 nitrogen and oxygen atoms in total. The highest BCUT2D eigenvalue weighted by molar-refractivity contribution is 7.88. The van der Waals surface area contributed by atoms with Crippen LogP contribution >= 0.6 is 0 Å². The predicted molar refractivity (Wildman–Crippen MR) is 80.0 cm³/mol. The maximum absolute atomic E-state index is 11.6. The zero-order chi connectivity index (χ0) is 14.6. The summed E-state index contributed by atoms with van der Waals surface area (Å²) in [5, 5.41) is 9.06. The highest BCUT2D eigenvalue weighted by Crippen LogP contribution is 2.24. The number of aliphatic hydroxyl groups excluding tert-OH is 1. The molecule has 2 heterocycles. The molecule has 2 atom stereocenters. The molecule has 0 aliphatic carbocycles. The molecule has 0 radical (unpaired) electrons. The first-order valence-electron chi connectivity index (χ1n) is 7.77. The minimum Gasteiger partial charge on any atom is -0.396 e. The molecule has 0 aromatic carbocycles. The standard InChI is InChI=1S/C14H28N2O3S/c1-20(18,19)16-8-3-5-14(12-16)11-15-7-2-4-13(10-15)6-9-17/h13-14,17H,2-12H2,1H3. The summed E-state index contributed by atoms with van der Waals surface area (Å²) >= 11 is 0. The number of sulfonamides is 1. The van der Waals surface area contributed by atoms with Crippen LogP contribution in [0.1, 0.15) is 32.1 Å². The van der Waals surface area contributed by atoms with Crippen LogP contribution in [0.3, 0.4) is 0 Å². The van der Waals surface area contributed by atoms with Crippen LogP contribution in [0.2, 0.25) is 0 Å². The fraction of sp³-hybridized carbons (Fsp3) is 1.00. The number of likely N-dealkylation sites (tertiary alicyclic amines) is 1. The smallest absolute Gasteiger partial charge is 0.211 e. The SMILES string of the molecule is CS(=O)(=O)N1CCCC(CN2CCCC(CCO)C2)C1. The molecule has 6 heteroatoms. The summed E-state index contributed by atoms with van der Waals surface area (Å²) in [5.41, 5.74) is 0. The topological polar surface area (TPSA) is 60.9 Å². The largest absolute Gasteiger partial charge is 0.396 e. The highest BCUT2D eigenvalue weighted by Gasteiger charge is 2.28. The van der Waals surface area contributed by atoms with Crippen LogP contribution in [0.15, 0.2) is 0 Å². The van der Waals surface area contributed by atoms with E-state index in [9.17, 15) is 8.42 Å². The number of nitrogens with zero attached hydrogens (tertiary/aromatic N) is 2. The van der Waals surface area contributed by atoms with Crippen LogP contribution in [0.25, 0.3) is 0 Å². The molecule has 2 rings (SSSR count). The van der Waals surface area contributed by atoms with Crippen molar-refractivity contribution in [1.82, 2.24) is 9.21 Å². The van der Waals surface area contributed by atoms with Gasteiger partial charge in [-0.25, -0.2) is 12.7 Å². The Bertz CT molecular complexity index is 397. The van der Waals surface area contributed by atoms with E-state index < -0.39 is 10.0 Å². The van der Waals surface area contributed by atoms with Gasteiger partial charge in [0, 0.05) is 32.8 Å². The first-order valence-corrected chi connectivity index (χ1v) is 9.62. The summed E-state index contributed by atoms with van der Waals surface area (Å²) < 4.78 is 24.9. The fourth-order valence-electron chi connectivity index (χ4n) is 3.58. The Balaban J connectivity index is 1.83. The quantitative estimate of drug-likeness (QED) is 0.814. The zero-order valence-electron chi connectivity index (χ0n) is 12.5. The molecule has 0 amide bonds. The first kappa shape index (κ1) is 16.2. The Hall–Kier alpha value is -0.170. The molecule has 2 fully saturated rings. The van der Waals surface area contributed by atoms with Crippen molar-refractivity contribution in [1.29, 1.82) is 0 Å². The minimum atomic E-state index is -3.04. The van der Waals surface area contributed by atoms with E-state index in [4.69, 9.17) is 5.11 Å². The molecular formula is C14H28N2O3S. The number of hydrogen-bond acceptors (Lipinski definition) is 4. The van der Waals surface area contributed by atoms with E-state index in [1.54, 1.807) is 4.31 Å². The molecule has 0 aromatic heterocycles. The Morgan fingerprint density at radius 2 is 1.80 bits per heavy atom. The van der Waals surface area contributed by atoms with Gasteiger partial charge in [-0.1, -0.05) is 0 Å². The van der Waals surface area contributed by atoms with Gasteiger partial charge in [-0.3, -0.25) is 0 Å². The van der Waals surface area contributed by atoms with Gasteiger partial charge >= 0.3 is 0 Å². The molecule has 2 saturated heterocycles. The van der Waals surface area contributed by atoms with E-state index in [2.05, 4.69) is 4.90 Å². The van der Waals surface area contributed by atoms with Gasteiger partial charge in [0.05, 0.1) is 6.26 Å². The number of piperidine rings is 2. The van der Waals surface area contributed by atoms with Crippen molar-refractivity contribution in [2.45, 2.75) is 32.1 Å². The van der Waals surface area contributed by atoms with Gasteiger partial charge in [0.2, 0.25) is 10.0 Å². The molecule has 0 spiro atoms. The Morgan fingerprint density at radius 1 is 1.10 bits per heavy atom.